The zero-order valence-electron chi connectivity index (χ0n) is 14.3. The summed E-state index contributed by atoms with van der Waals surface area (Å²) in [4.78, 5) is 12.6. The summed E-state index contributed by atoms with van der Waals surface area (Å²) in [6.45, 7) is 0.244. The lowest BCUT2D eigenvalue weighted by Gasteiger charge is -2.22. The van der Waals surface area contributed by atoms with Crippen LogP contribution in [0.3, 0.4) is 0 Å². The molecule has 0 saturated carbocycles. The molecule has 1 aliphatic heterocycles. The molecule has 6 nitrogen and oxygen atoms in total. The Kier molecular flexibility index (Phi) is 5.80. The van der Waals surface area contributed by atoms with Gasteiger partial charge in [-0.2, -0.15) is 9.57 Å². The van der Waals surface area contributed by atoms with Gasteiger partial charge >= 0.3 is 5.97 Å². The quantitative estimate of drug-likeness (QED) is 0.714. The highest BCUT2D eigenvalue weighted by Crippen LogP contribution is 2.27. The summed E-state index contributed by atoms with van der Waals surface area (Å²) in [5.74, 6) is -0.590. The van der Waals surface area contributed by atoms with Crippen molar-refractivity contribution in [3.8, 4) is 6.07 Å². The van der Waals surface area contributed by atoms with Gasteiger partial charge in [0.05, 0.1) is 16.5 Å². The second-order valence-electron chi connectivity index (χ2n) is 6.15. The lowest BCUT2D eigenvalue weighted by atomic mass is 10.1. The van der Waals surface area contributed by atoms with Crippen LogP contribution in [0.25, 0.3) is 0 Å². The van der Waals surface area contributed by atoms with Crippen LogP contribution >= 0.6 is 11.6 Å². The number of carbonyl (C=O) groups excluding carboxylic acids is 1. The van der Waals surface area contributed by atoms with Crippen LogP contribution in [0.2, 0.25) is 5.02 Å². The van der Waals surface area contributed by atoms with Crippen molar-refractivity contribution in [2.24, 2.45) is 0 Å². The SMILES string of the molecule is N#Cc1cccc(COC(=O)[C@@H]2CCCN2S(=O)(=O)c2ccc(Cl)cc2)c1. The van der Waals surface area contributed by atoms with E-state index in [9.17, 15) is 13.2 Å². The number of sulfonamides is 1. The van der Waals surface area contributed by atoms with Gasteiger partial charge in [0.2, 0.25) is 10.0 Å². The number of ether oxygens (including phenoxy) is 1. The van der Waals surface area contributed by atoms with Gasteiger partial charge in [-0.25, -0.2) is 8.42 Å². The van der Waals surface area contributed by atoms with Crippen LogP contribution in [-0.4, -0.2) is 31.3 Å². The largest absolute Gasteiger partial charge is 0.460 e. The summed E-state index contributed by atoms with van der Waals surface area (Å²) in [5, 5.41) is 9.36. The first-order chi connectivity index (χ1) is 12.9. The molecule has 0 radical (unpaired) electrons. The number of hydrogen-bond donors (Lipinski definition) is 0. The van der Waals surface area contributed by atoms with E-state index < -0.39 is 22.0 Å². The van der Waals surface area contributed by atoms with Crippen molar-refractivity contribution < 1.29 is 17.9 Å². The molecule has 2 aromatic carbocycles. The minimum Gasteiger partial charge on any atom is -0.460 e. The summed E-state index contributed by atoms with van der Waals surface area (Å²) in [7, 11) is -3.81. The Morgan fingerprint density at radius 2 is 2.00 bits per heavy atom. The van der Waals surface area contributed by atoms with E-state index in [0.29, 0.717) is 29.0 Å². The van der Waals surface area contributed by atoms with Gasteiger partial charge in [-0.15, -0.1) is 0 Å². The van der Waals surface area contributed by atoms with Crippen molar-refractivity contribution in [1.29, 1.82) is 5.26 Å². The van der Waals surface area contributed by atoms with Crippen LogP contribution in [0.15, 0.2) is 53.4 Å². The van der Waals surface area contributed by atoms with Gasteiger partial charge in [-0.3, -0.25) is 4.79 Å². The Balaban J connectivity index is 1.72. The third-order valence-electron chi connectivity index (χ3n) is 4.33. The average molecular weight is 405 g/mol. The molecule has 0 N–H and O–H groups in total. The summed E-state index contributed by atoms with van der Waals surface area (Å²) in [6, 6.07) is 13.7. The van der Waals surface area contributed by atoms with E-state index in [4.69, 9.17) is 21.6 Å². The van der Waals surface area contributed by atoms with Gasteiger partial charge in [0.25, 0.3) is 0 Å². The predicted molar refractivity (Wildman–Crippen MR) is 99.3 cm³/mol. The maximum absolute atomic E-state index is 12.9. The number of rotatable bonds is 5. The summed E-state index contributed by atoms with van der Waals surface area (Å²) >= 11 is 5.82. The Hall–Kier alpha value is -2.40. The molecular formula is C19H17ClN2O4S. The van der Waals surface area contributed by atoms with Gasteiger partial charge in [0, 0.05) is 11.6 Å². The number of benzene rings is 2. The number of nitriles is 1. The van der Waals surface area contributed by atoms with Crippen molar-refractivity contribution in [2.45, 2.75) is 30.4 Å². The Morgan fingerprint density at radius 3 is 2.70 bits per heavy atom. The van der Waals surface area contributed by atoms with E-state index in [1.807, 2.05) is 6.07 Å². The van der Waals surface area contributed by atoms with Crippen molar-refractivity contribution in [3.63, 3.8) is 0 Å². The van der Waals surface area contributed by atoms with Crippen LogP contribution in [-0.2, 0) is 26.2 Å². The monoisotopic (exact) mass is 404 g/mol. The van der Waals surface area contributed by atoms with Crippen LogP contribution < -0.4 is 0 Å². The Bertz CT molecular complexity index is 984. The molecule has 3 rings (SSSR count). The van der Waals surface area contributed by atoms with Crippen molar-refractivity contribution in [2.75, 3.05) is 6.54 Å². The molecule has 1 saturated heterocycles. The van der Waals surface area contributed by atoms with E-state index in [1.54, 1.807) is 24.3 Å². The maximum atomic E-state index is 12.9. The number of halogens is 1. The molecule has 1 atom stereocenters. The van der Waals surface area contributed by atoms with E-state index in [0.717, 1.165) is 0 Å². The molecule has 2 aromatic rings. The number of carbonyl (C=O) groups is 1. The minimum atomic E-state index is -3.81. The molecule has 1 heterocycles. The first kappa shape index (κ1) is 19.4. The first-order valence-corrected chi connectivity index (χ1v) is 10.2. The summed E-state index contributed by atoms with van der Waals surface area (Å²) < 4.78 is 32.2. The average Bonchev–Trinajstić information content (AvgIpc) is 3.17. The fraction of sp³-hybridized carbons (Fsp3) is 0.263. The Morgan fingerprint density at radius 1 is 1.26 bits per heavy atom. The molecule has 0 spiro atoms. The van der Waals surface area contributed by atoms with E-state index in [2.05, 4.69) is 0 Å². The summed E-state index contributed by atoms with van der Waals surface area (Å²) in [6.07, 6.45) is 0.987. The second-order valence-corrected chi connectivity index (χ2v) is 8.47. The maximum Gasteiger partial charge on any atom is 0.324 e. The molecule has 8 heteroatoms. The first-order valence-electron chi connectivity index (χ1n) is 8.35. The van der Waals surface area contributed by atoms with Crippen LogP contribution in [0.5, 0.6) is 0 Å². The highest BCUT2D eigenvalue weighted by atomic mass is 35.5. The molecule has 0 aliphatic carbocycles. The molecule has 0 aromatic heterocycles. The zero-order chi connectivity index (χ0) is 19.4. The molecular weight excluding hydrogens is 388 g/mol. The standard InChI is InChI=1S/C19H17ClN2O4S/c20-16-6-8-17(9-7-16)27(24,25)22-10-2-5-18(22)19(23)26-13-15-4-1-3-14(11-15)12-21/h1,3-4,6-9,11,18H,2,5,10,13H2/t18-/m0/s1. The second kappa shape index (κ2) is 8.09. The fourth-order valence-electron chi connectivity index (χ4n) is 2.99. The predicted octanol–water partition coefficient (Wildman–Crippen LogP) is 3.11. The third kappa shape index (κ3) is 4.30. The lowest BCUT2D eigenvalue weighted by molar-refractivity contribution is -0.148. The fourth-order valence-corrected chi connectivity index (χ4v) is 4.76. The highest BCUT2D eigenvalue weighted by Gasteiger charge is 2.40. The van der Waals surface area contributed by atoms with Crippen LogP contribution in [0.4, 0.5) is 0 Å². The number of esters is 1. The van der Waals surface area contributed by atoms with Crippen LogP contribution in [0, 0.1) is 11.3 Å². The number of hydrogen-bond acceptors (Lipinski definition) is 5. The highest BCUT2D eigenvalue weighted by molar-refractivity contribution is 7.89. The summed E-state index contributed by atoms with van der Waals surface area (Å²) in [5.41, 5.74) is 1.14. The molecule has 1 fully saturated rings. The van der Waals surface area contributed by atoms with Gasteiger partial charge in [0.1, 0.15) is 12.6 Å². The Labute approximate surface area is 163 Å². The van der Waals surface area contributed by atoms with Gasteiger partial charge in [-0.05, 0) is 54.8 Å². The van der Waals surface area contributed by atoms with Crippen molar-refractivity contribution in [3.05, 3.63) is 64.7 Å². The molecule has 0 unspecified atom stereocenters. The smallest absolute Gasteiger partial charge is 0.324 e. The van der Waals surface area contributed by atoms with Crippen molar-refractivity contribution in [1.82, 2.24) is 4.31 Å². The molecule has 0 amide bonds. The lowest BCUT2D eigenvalue weighted by Crippen LogP contribution is -2.41. The van der Waals surface area contributed by atoms with Gasteiger partial charge < -0.3 is 4.74 Å². The minimum absolute atomic E-state index is 0.0142. The van der Waals surface area contributed by atoms with E-state index in [1.165, 1.54) is 28.6 Å². The molecule has 140 valence electrons. The zero-order valence-corrected chi connectivity index (χ0v) is 15.9. The molecule has 0 bridgehead atoms. The van der Waals surface area contributed by atoms with Crippen molar-refractivity contribution >= 4 is 27.6 Å². The van der Waals surface area contributed by atoms with Gasteiger partial charge in [0.15, 0.2) is 0 Å². The topological polar surface area (TPSA) is 87.5 Å². The molecule has 1 aliphatic rings. The van der Waals surface area contributed by atoms with Crippen LogP contribution in [0.1, 0.15) is 24.0 Å². The molecule has 27 heavy (non-hydrogen) atoms. The normalized spacial score (nSPS) is 17.4. The van der Waals surface area contributed by atoms with Gasteiger partial charge in [-0.1, -0.05) is 23.7 Å². The van der Waals surface area contributed by atoms with E-state index in [-0.39, 0.29) is 18.0 Å². The third-order valence-corrected chi connectivity index (χ3v) is 6.51. The van der Waals surface area contributed by atoms with E-state index >= 15 is 0 Å². The number of nitrogens with zero attached hydrogens (tertiary/aromatic N) is 2.